The van der Waals surface area contributed by atoms with Gasteiger partial charge in [-0.05, 0) is 25.8 Å². The van der Waals surface area contributed by atoms with Gasteiger partial charge >= 0.3 is 0 Å². The average molecular weight is 323 g/mol. The Bertz CT molecular complexity index is 721. The first-order valence-electron chi connectivity index (χ1n) is 7.58. The fourth-order valence-corrected chi connectivity index (χ4v) is 4.40. The van der Waals surface area contributed by atoms with Crippen LogP contribution in [0.15, 0.2) is 18.6 Å². The molecule has 1 saturated carbocycles. The predicted octanol–water partition coefficient (Wildman–Crippen LogP) is 1.12. The fourth-order valence-electron chi connectivity index (χ4n) is 4.21. The van der Waals surface area contributed by atoms with Gasteiger partial charge in [0.2, 0.25) is 0 Å². The Morgan fingerprint density at radius 3 is 2.91 bits per heavy atom. The molecule has 0 aromatic carbocycles. The molecule has 7 heteroatoms. The van der Waals surface area contributed by atoms with Crippen molar-refractivity contribution in [2.45, 2.75) is 44.1 Å². The molecule has 2 aromatic heterocycles. The second kappa shape index (κ2) is 4.89. The smallest absolute Gasteiger partial charge is 0.145 e. The van der Waals surface area contributed by atoms with E-state index in [1.807, 2.05) is 16.8 Å². The van der Waals surface area contributed by atoms with Crippen molar-refractivity contribution in [2.24, 2.45) is 5.41 Å². The van der Waals surface area contributed by atoms with Gasteiger partial charge in [-0.1, -0.05) is 11.6 Å². The minimum atomic E-state index is -0.809. The predicted molar refractivity (Wildman–Crippen MR) is 82.7 cm³/mol. The Balaban J connectivity index is 1.75. The highest BCUT2D eigenvalue weighted by atomic mass is 35.5. The van der Waals surface area contributed by atoms with Gasteiger partial charge in [0.25, 0.3) is 0 Å². The largest absolute Gasteiger partial charge is 0.390 e. The van der Waals surface area contributed by atoms with Crippen LogP contribution in [-0.2, 0) is 0 Å². The van der Waals surface area contributed by atoms with Crippen molar-refractivity contribution in [3.8, 4) is 0 Å². The molecule has 3 N–H and O–H groups in total. The number of aromatic nitrogens is 3. The number of nitrogens with one attached hydrogen (secondary N) is 1. The van der Waals surface area contributed by atoms with Crippen LogP contribution < -0.4 is 5.32 Å². The summed E-state index contributed by atoms with van der Waals surface area (Å²) in [5, 5.41) is 25.8. The molecule has 3 heterocycles. The number of hydrogen-bond acceptors (Lipinski definition) is 5. The SMILES string of the molecule is CC1C[C@@]2(CN1)C[C@@H](n1ccc3c(Cl)ncnc31)[C@H](O)[C@@H]2O. The Morgan fingerprint density at radius 1 is 1.36 bits per heavy atom. The van der Waals surface area contributed by atoms with E-state index in [2.05, 4.69) is 22.2 Å². The zero-order chi connectivity index (χ0) is 15.5. The first-order chi connectivity index (χ1) is 10.5. The van der Waals surface area contributed by atoms with Crippen LogP contribution in [0.2, 0.25) is 5.15 Å². The van der Waals surface area contributed by atoms with Gasteiger partial charge in [0.1, 0.15) is 23.2 Å². The summed E-state index contributed by atoms with van der Waals surface area (Å²) < 4.78 is 1.93. The first-order valence-corrected chi connectivity index (χ1v) is 7.96. The van der Waals surface area contributed by atoms with Gasteiger partial charge in [0.15, 0.2) is 0 Å². The summed E-state index contributed by atoms with van der Waals surface area (Å²) in [6, 6.07) is 2.02. The molecule has 2 fully saturated rings. The maximum atomic E-state index is 10.6. The van der Waals surface area contributed by atoms with Crippen LogP contribution in [-0.4, -0.2) is 49.5 Å². The minimum Gasteiger partial charge on any atom is -0.390 e. The third-order valence-electron chi connectivity index (χ3n) is 5.29. The molecule has 1 spiro atoms. The molecule has 5 atom stereocenters. The summed E-state index contributed by atoms with van der Waals surface area (Å²) >= 11 is 6.10. The Labute approximate surface area is 133 Å². The number of aliphatic hydroxyl groups is 2. The van der Waals surface area contributed by atoms with E-state index in [1.165, 1.54) is 6.33 Å². The topological polar surface area (TPSA) is 83.2 Å². The number of aliphatic hydroxyl groups excluding tert-OH is 2. The molecular weight excluding hydrogens is 304 g/mol. The summed E-state index contributed by atoms with van der Waals surface area (Å²) in [4.78, 5) is 8.28. The van der Waals surface area contributed by atoms with E-state index in [0.717, 1.165) is 24.8 Å². The lowest BCUT2D eigenvalue weighted by Gasteiger charge is -2.26. The lowest BCUT2D eigenvalue weighted by molar-refractivity contribution is -0.0216. The number of halogens is 1. The summed E-state index contributed by atoms with van der Waals surface area (Å²) in [7, 11) is 0. The van der Waals surface area contributed by atoms with Crippen LogP contribution >= 0.6 is 11.6 Å². The molecule has 0 amide bonds. The highest BCUT2D eigenvalue weighted by molar-refractivity contribution is 6.33. The standard InChI is InChI=1S/C15H19ClN4O2/c1-8-4-15(6-17-8)5-10(11(21)12(15)22)20-3-2-9-13(16)18-7-19-14(9)20/h2-3,7-8,10-12,17,21-22H,4-6H2,1H3/t8?,10-,11+,12+,15+/m1/s1. The van der Waals surface area contributed by atoms with Crippen LogP contribution in [0.1, 0.15) is 25.8 Å². The Hall–Kier alpha value is -1.21. The number of rotatable bonds is 1. The number of nitrogens with zero attached hydrogens (tertiary/aromatic N) is 3. The molecule has 2 aliphatic rings. The zero-order valence-corrected chi connectivity index (χ0v) is 13.0. The first kappa shape index (κ1) is 14.4. The molecule has 1 unspecified atom stereocenters. The lowest BCUT2D eigenvalue weighted by atomic mass is 9.81. The van der Waals surface area contributed by atoms with Gasteiger partial charge in [-0.2, -0.15) is 0 Å². The summed E-state index contributed by atoms with van der Waals surface area (Å²) in [6.07, 6.45) is 3.35. The molecule has 1 aliphatic carbocycles. The molecule has 4 rings (SSSR count). The van der Waals surface area contributed by atoms with E-state index in [1.54, 1.807) is 0 Å². The van der Waals surface area contributed by atoms with Crippen molar-refractivity contribution >= 4 is 22.6 Å². The maximum absolute atomic E-state index is 10.6. The third kappa shape index (κ3) is 1.91. The van der Waals surface area contributed by atoms with E-state index >= 15 is 0 Å². The van der Waals surface area contributed by atoms with Crippen LogP contribution in [0.5, 0.6) is 0 Å². The molecule has 1 saturated heterocycles. The van der Waals surface area contributed by atoms with Gasteiger partial charge in [-0.3, -0.25) is 0 Å². The van der Waals surface area contributed by atoms with Crippen molar-refractivity contribution in [3.63, 3.8) is 0 Å². The second-order valence-electron chi connectivity index (χ2n) is 6.68. The van der Waals surface area contributed by atoms with Crippen LogP contribution in [0, 0.1) is 5.41 Å². The van der Waals surface area contributed by atoms with Crippen LogP contribution in [0.25, 0.3) is 11.0 Å². The lowest BCUT2D eigenvalue weighted by Crippen LogP contribution is -2.38. The van der Waals surface area contributed by atoms with Crippen molar-refractivity contribution in [1.29, 1.82) is 0 Å². The fraction of sp³-hybridized carbons (Fsp3) is 0.600. The minimum absolute atomic E-state index is 0.203. The molecule has 0 bridgehead atoms. The highest BCUT2D eigenvalue weighted by Crippen LogP contribution is 2.50. The summed E-state index contributed by atoms with van der Waals surface area (Å²) in [5.74, 6) is 0. The Kier molecular flexibility index (Phi) is 3.20. The number of hydrogen-bond donors (Lipinski definition) is 3. The molecule has 0 radical (unpaired) electrons. The van der Waals surface area contributed by atoms with E-state index in [4.69, 9.17) is 11.6 Å². The summed E-state index contributed by atoms with van der Waals surface area (Å²) in [6.45, 7) is 2.84. The molecule has 6 nitrogen and oxygen atoms in total. The Morgan fingerprint density at radius 2 is 2.18 bits per heavy atom. The van der Waals surface area contributed by atoms with Gasteiger partial charge in [-0.25, -0.2) is 9.97 Å². The van der Waals surface area contributed by atoms with E-state index in [-0.39, 0.29) is 11.5 Å². The van der Waals surface area contributed by atoms with Gasteiger partial charge < -0.3 is 20.1 Å². The normalized spacial score (nSPS) is 38.4. The van der Waals surface area contributed by atoms with E-state index < -0.39 is 12.2 Å². The quantitative estimate of drug-likeness (QED) is 0.685. The van der Waals surface area contributed by atoms with Gasteiger partial charge in [-0.15, -0.1) is 0 Å². The van der Waals surface area contributed by atoms with E-state index in [0.29, 0.717) is 16.8 Å². The second-order valence-corrected chi connectivity index (χ2v) is 7.04. The molecule has 2 aromatic rings. The summed E-state index contributed by atoms with van der Waals surface area (Å²) in [5.41, 5.74) is 0.434. The van der Waals surface area contributed by atoms with E-state index in [9.17, 15) is 10.2 Å². The van der Waals surface area contributed by atoms with Gasteiger partial charge in [0, 0.05) is 24.2 Å². The molecular formula is C15H19ClN4O2. The third-order valence-corrected chi connectivity index (χ3v) is 5.60. The number of fused-ring (bicyclic) bond motifs is 1. The molecule has 1 aliphatic heterocycles. The van der Waals surface area contributed by atoms with Crippen molar-refractivity contribution in [2.75, 3.05) is 6.54 Å². The van der Waals surface area contributed by atoms with Crippen LogP contribution in [0.3, 0.4) is 0 Å². The zero-order valence-electron chi connectivity index (χ0n) is 12.3. The maximum Gasteiger partial charge on any atom is 0.145 e. The average Bonchev–Trinajstić information content (AvgIpc) is 3.14. The highest BCUT2D eigenvalue weighted by Gasteiger charge is 2.55. The van der Waals surface area contributed by atoms with Gasteiger partial charge in [0.05, 0.1) is 17.5 Å². The van der Waals surface area contributed by atoms with Crippen molar-refractivity contribution in [3.05, 3.63) is 23.7 Å². The molecule has 22 heavy (non-hydrogen) atoms. The molecule has 118 valence electrons. The van der Waals surface area contributed by atoms with Crippen LogP contribution in [0.4, 0.5) is 0 Å². The monoisotopic (exact) mass is 322 g/mol. The van der Waals surface area contributed by atoms with Crippen molar-refractivity contribution in [1.82, 2.24) is 19.9 Å². The van der Waals surface area contributed by atoms with Crippen molar-refractivity contribution < 1.29 is 10.2 Å².